The first-order chi connectivity index (χ1) is 10.4. The van der Waals surface area contributed by atoms with Crippen LogP contribution in [-0.2, 0) is 4.79 Å². The second-order valence-corrected chi connectivity index (χ2v) is 6.59. The molecule has 0 bridgehead atoms. The fraction of sp³-hybridized carbons (Fsp3) is 0.375. The summed E-state index contributed by atoms with van der Waals surface area (Å²) in [5.41, 5.74) is 0. The molecule has 0 aliphatic heterocycles. The number of thiophene rings is 1. The summed E-state index contributed by atoms with van der Waals surface area (Å²) >= 11 is 1.32. The summed E-state index contributed by atoms with van der Waals surface area (Å²) in [6.45, 7) is 3.85. The number of fused-ring (bicyclic) bond motifs is 1. The Kier molecular flexibility index (Phi) is 5.03. The van der Waals surface area contributed by atoms with E-state index >= 15 is 0 Å². The van der Waals surface area contributed by atoms with Crippen molar-refractivity contribution < 1.29 is 19.4 Å². The van der Waals surface area contributed by atoms with E-state index in [9.17, 15) is 14.7 Å². The minimum Gasteiger partial charge on any atom is -0.497 e. The zero-order valence-corrected chi connectivity index (χ0v) is 13.6. The zero-order chi connectivity index (χ0) is 16.3. The van der Waals surface area contributed by atoms with Crippen molar-refractivity contribution in [3.05, 3.63) is 29.1 Å². The van der Waals surface area contributed by atoms with Crippen molar-refractivity contribution in [3.8, 4) is 5.75 Å². The van der Waals surface area contributed by atoms with Gasteiger partial charge in [0.05, 0.1) is 12.0 Å². The summed E-state index contributed by atoms with van der Waals surface area (Å²) in [6, 6.07) is 6.47. The first-order valence-corrected chi connectivity index (χ1v) is 7.83. The largest absolute Gasteiger partial charge is 0.497 e. The Morgan fingerprint density at radius 1 is 1.32 bits per heavy atom. The lowest BCUT2D eigenvalue weighted by Crippen LogP contribution is -2.41. The van der Waals surface area contributed by atoms with Crippen molar-refractivity contribution in [2.45, 2.75) is 26.3 Å². The molecule has 2 N–H and O–H groups in total. The molecule has 0 unspecified atom stereocenters. The average Bonchev–Trinajstić information content (AvgIpc) is 2.88. The molecule has 0 radical (unpaired) electrons. The topological polar surface area (TPSA) is 75.6 Å². The van der Waals surface area contributed by atoms with Crippen LogP contribution in [0, 0.1) is 5.92 Å². The van der Waals surface area contributed by atoms with Crippen LogP contribution in [0.1, 0.15) is 29.9 Å². The molecule has 0 spiro atoms. The standard InChI is InChI=1S/C16H19NO4S/c1-9(2)6-12(16(19)20)17-15(18)14-7-10-4-5-11(21-3)8-13(10)22-14/h4-5,7-9,12H,6H2,1-3H3,(H,17,18)(H,19,20)/t12-/m1/s1. The molecule has 1 heterocycles. The van der Waals surface area contributed by atoms with Crippen LogP contribution in [0.5, 0.6) is 5.75 Å². The highest BCUT2D eigenvalue weighted by molar-refractivity contribution is 7.20. The second-order valence-electron chi connectivity index (χ2n) is 5.51. The van der Waals surface area contributed by atoms with Crippen LogP contribution in [0.25, 0.3) is 10.1 Å². The summed E-state index contributed by atoms with van der Waals surface area (Å²) in [7, 11) is 1.59. The highest BCUT2D eigenvalue weighted by Crippen LogP contribution is 2.29. The van der Waals surface area contributed by atoms with Gasteiger partial charge in [-0.15, -0.1) is 11.3 Å². The molecule has 0 aliphatic rings. The summed E-state index contributed by atoms with van der Waals surface area (Å²) in [5.74, 6) is -0.448. The van der Waals surface area contributed by atoms with Crippen LogP contribution in [0.15, 0.2) is 24.3 Å². The van der Waals surface area contributed by atoms with Crippen LogP contribution in [0.3, 0.4) is 0 Å². The van der Waals surface area contributed by atoms with Gasteiger partial charge in [-0.25, -0.2) is 4.79 Å². The quantitative estimate of drug-likeness (QED) is 0.857. The average molecular weight is 321 g/mol. The maximum absolute atomic E-state index is 12.3. The van der Waals surface area contributed by atoms with Crippen LogP contribution in [-0.4, -0.2) is 30.1 Å². The van der Waals surface area contributed by atoms with E-state index in [4.69, 9.17) is 4.74 Å². The fourth-order valence-corrected chi connectivity index (χ4v) is 3.17. The molecular formula is C16H19NO4S. The number of rotatable bonds is 6. The number of carbonyl (C=O) groups is 2. The van der Waals surface area contributed by atoms with E-state index in [2.05, 4.69) is 5.32 Å². The van der Waals surface area contributed by atoms with E-state index in [1.807, 2.05) is 32.0 Å². The zero-order valence-electron chi connectivity index (χ0n) is 12.8. The third kappa shape index (κ3) is 3.76. The van der Waals surface area contributed by atoms with Crippen molar-refractivity contribution in [2.75, 3.05) is 7.11 Å². The van der Waals surface area contributed by atoms with Gasteiger partial charge in [-0.05, 0) is 42.0 Å². The lowest BCUT2D eigenvalue weighted by Gasteiger charge is -2.15. The van der Waals surface area contributed by atoms with Crippen molar-refractivity contribution in [1.82, 2.24) is 5.32 Å². The maximum atomic E-state index is 12.3. The van der Waals surface area contributed by atoms with Gasteiger partial charge >= 0.3 is 5.97 Å². The number of ether oxygens (including phenoxy) is 1. The number of methoxy groups -OCH3 is 1. The molecule has 0 saturated heterocycles. The maximum Gasteiger partial charge on any atom is 0.326 e. The number of carbonyl (C=O) groups excluding carboxylic acids is 1. The number of aliphatic carboxylic acids is 1. The lowest BCUT2D eigenvalue weighted by molar-refractivity contribution is -0.139. The van der Waals surface area contributed by atoms with E-state index in [0.717, 1.165) is 15.8 Å². The first kappa shape index (κ1) is 16.3. The van der Waals surface area contributed by atoms with Gasteiger partial charge in [0.2, 0.25) is 0 Å². The van der Waals surface area contributed by atoms with E-state index in [1.54, 1.807) is 13.2 Å². The van der Waals surface area contributed by atoms with Crippen LogP contribution < -0.4 is 10.1 Å². The molecule has 118 valence electrons. The predicted octanol–water partition coefficient (Wildman–Crippen LogP) is 3.14. The molecule has 22 heavy (non-hydrogen) atoms. The van der Waals surface area contributed by atoms with Crippen LogP contribution >= 0.6 is 11.3 Å². The Labute approximate surface area is 132 Å². The van der Waals surface area contributed by atoms with E-state index in [-0.39, 0.29) is 11.8 Å². The third-order valence-corrected chi connectivity index (χ3v) is 4.36. The molecule has 2 rings (SSSR count). The molecule has 1 atom stereocenters. The molecule has 0 aliphatic carbocycles. The number of hydrogen-bond acceptors (Lipinski definition) is 4. The van der Waals surface area contributed by atoms with Crippen LogP contribution in [0.4, 0.5) is 0 Å². The van der Waals surface area contributed by atoms with Gasteiger partial charge in [0, 0.05) is 4.70 Å². The molecule has 6 heteroatoms. The number of amides is 1. The van der Waals surface area contributed by atoms with E-state index in [1.165, 1.54) is 11.3 Å². The Morgan fingerprint density at radius 3 is 2.64 bits per heavy atom. The minimum absolute atomic E-state index is 0.188. The summed E-state index contributed by atoms with van der Waals surface area (Å²) in [4.78, 5) is 24.0. The summed E-state index contributed by atoms with van der Waals surface area (Å²) in [6.07, 6.45) is 0.403. The van der Waals surface area contributed by atoms with Crippen LogP contribution in [0.2, 0.25) is 0 Å². The number of carboxylic acid groups (broad SMARTS) is 1. The smallest absolute Gasteiger partial charge is 0.326 e. The SMILES string of the molecule is COc1ccc2cc(C(=O)N[C@H](CC(C)C)C(=O)O)sc2c1. The number of benzene rings is 1. The van der Waals surface area contributed by atoms with Crippen molar-refractivity contribution >= 4 is 33.3 Å². The van der Waals surface area contributed by atoms with E-state index in [0.29, 0.717) is 11.3 Å². The summed E-state index contributed by atoms with van der Waals surface area (Å²) < 4.78 is 6.09. The Morgan fingerprint density at radius 2 is 2.05 bits per heavy atom. The molecule has 1 aromatic heterocycles. The van der Waals surface area contributed by atoms with Crippen molar-refractivity contribution in [1.29, 1.82) is 0 Å². The Bertz CT molecular complexity index is 693. The molecule has 2 aromatic rings. The molecular weight excluding hydrogens is 302 g/mol. The van der Waals surface area contributed by atoms with E-state index < -0.39 is 12.0 Å². The van der Waals surface area contributed by atoms with Gasteiger partial charge in [0.15, 0.2) is 0 Å². The van der Waals surface area contributed by atoms with Gasteiger partial charge in [-0.1, -0.05) is 13.8 Å². The molecule has 5 nitrogen and oxygen atoms in total. The first-order valence-electron chi connectivity index (χ1n) is 7.02. The predicted molar refractivity (Wildman–Crippen MR) is 86.7 cm³/mol. The van der Waals surface area contributed by atoms with Gasteiger partial charge in [-0.3, -0.25) is 4.79 Å². The molecule has 1 amide bonds. The highest BCUT2D eigenvalue weighted by Gasteiger charge is 2.22. The van der Waals surface area contributed by atoms with Gasteiger partial charge in [0.25, 0.3) is 5.91 Å². The number of nitrogens with one attached hydrogen (secondary N) is 1. The summed E-state index contributed by atoms with van der Waals surface area (Å²) in [5, 5.41) is 12.7. The third-order valence-electron chi connectivity index (χ3n) is 3.26. The van der Waals surface area contributed by atoms with Crippen molar-refractivity contribution in [3.63, 3.8) is 0 Å². The fourth-order valence-electron chi connectivity index (χ4n) is 2.17. The monoisotopic (exact) mass is 321 g/mol. The van der Waals surface area contributed by atoms with Crippen molar-refractivity contribution in [2.24, 2.45) is 5.92 Å². The number of hydrogen-bond donors (Lipinski definition) is 2. The molecule has 0 fully saturated rings. The normalized spacial score (nSPS) is 12.4. The number of carboxylic acids is 1. The molecule has 0 saturated carbocycles. The van der Waals surface area contributed by atoms with Gasteiger partial charge in [0.1, 0.15) is 11.8 Å². The highest BCUT2D eigenvalue weighted by atomic mass is 32.1. The molecule has 1 aromatic carbocycles. The second kappa shape index (κ2) is 6.79. The Balaban J connectivity index is 2.19. The van der Waals surface area contributed by atoms with Gasteiger partial charge in [-0.2, -0.15) is 0 Å². The minimum atomic E-state index is -1.01. The lowest BCUT2D eigenvalue weighted by atomic mass is 10.0. The van der Waals surface area contributed by atoms with Gasteiger partial charge < -0.3 is 15.2 Å². The Hall–Kier alpha value is -2.08.